The third-order valence-corrected chi connectivity index (χ3v) is 3.64. The van der Waals surface area contributed by atoms with Gasteiger partial charge in [-0.3, -0.25) is 0 Å². The Morgan fingerprint density at radius 3 is 2.29 bits per heavy atom. The molecule has 1 unspecified atom stereocenters. The fourth-order valence-corrected chi connectivity index (χ4v) is 1.81. The van der Waals surface area contributed by atoms with E-state index in [0.717, 1.165) is 0 Å². The molecule has 0 radical (unpaired) electrons. The Hall–Kier alpha value is -0.890. The van der Waals surface area contributed by atoms with Crippen molar-refractivity contribution in [2.75, 3.05) is 11.9 Å². The van der Waals surface area contributed by atoms with Crippen LogP contribution in [0.2, 0.25) is 0 Å². The van der Waals surface area contributed by atoms with Crippen LogP contribution in [0.1, 0.15) is 25.8 Å². The molecule has 0 spiro atoms. The molecule has 0 aliphatic heterocycles. The number of rotatable bonds is 4. The van der Waals surface area contributed by atoms with Gasteiger partial charge in [-0.15, -0.1) is 10.2 Å². The summed E-state index contributed by atoms with van der Waals surface area (Å²) in [6.07, 6.45) is -4.45. The number of hydrogen-bond donors (Lipinski definition) is 2. The lowest BCUT2D eigenvalue weighted by Crippen LogP contribution is -2.47. The van der Waals surface area contributed by atoms with Gasteiger partial charge < -0.3 is 11.1 Å². The van der Waals surface area contributed by atoms with Crippen LogP contribution in [0.15, 0.2) is 0 Å². The van der Waals surface area contributed by atoms with Crippen LogP contribution in [0, 0.1) is 5.92 Å². The zero-order valence-electron chi connectivity index (χ0n) is 9.80. The van der Waals surface area contributed by atoms with Crippen molar-refractivity contribution in [3.63, 3.8) is 0 Å². The van der Waals surface area contributed by atoms with Crippen molar-refractivity contribution in [2.24, 2.45) is 11.7 Å². The van der Waals surface area contributed by atoms with Crippen LogP contribution in [0.5, 0.6) is 0 Å². The molecule has 17 heavy (non-hydrogen) atoms. The van der Waals surface area contributed by atoms with Gasteiger partial charge in [0.2, 0.25) is 10.1 Å². The predicted octanol–water partition coefficient (Wildman–Crippen LogP) is 2.34. The molecule has 1 rings (SSSR count). The highest BCUT2D eigenvalue weighted by Crippen LogP contribution is 2.34. The fraction of sp³-hybridized carbons (Fsp3) is 0.778. The second-order valence-corrected chi connectivity index (χ2v) is 5.29. The number of alkyl halides is 3. The summed E-state index contributed by atoms with van der Waals surface area (Å²) in [5, 5.41) is 8.68. The molecule has 0 aromatic carbocycles. The molecule has 0 aliphatic rings. The highest BCUT2D eigenvalue weighted by atomic mass is 32.1. The second kappa shape index (κ2) is 4.77. The summed E-state index contributed by atoms with van der Waals surface area (Å²) in [5.74, 6) is 0.158. The van der Waals surface area contributed by atoms with Crippen LogP contribution in [-0.2, 0) is 6.18 Å². The number of halogens is 3. The lowest BCUT2D eigenvalue weighted by molar-refractivity contribution is -0.138. The Morgan fingerprint density at radius 1 is 1.35 bits per heavy atom. The van der Waals surface area contributed by atoms with Crippen molar-refractivity contribution in [1.82, 2.24) is 10.2 Å². The Balaban J connectivity index is 2.86. The van der Waals surface area contributed by atoms with Crippen molar-refractivity contribution in [2.45, 2.75) is 32.5 Å². The van der Waals surface area contributed by atoms with Crippen LogP contribution in [0.3, 0.4) is 0 Å². The summed E-state index contributed by atoms with van der Waals surface area (Å²) in [5.41, 5.74) is 5.12. The second-order valence-electron chi connectivity index (χ2n) is 4.31. The third-order valence-electron chi connectivity index (χ3n) is 2.76. The smallest absolute Gasteiger partial charge is 0.353 e. The molecule has 1 aromatic rings. The number of nitrogens with two attached hydrogens (primary N) is 1. The number of nitrogens with one attached hydrogen (secondary N) is 1. The van der Waals surface area contributed by atoms with Gasteiger partial charge in [-0.05, 0) is 12.8 Å². The normalized spacial score (nSPS) is 16.0. The molecule has 0 saturated carbocycles. The lowest BCUT2D eigenvalue weighted by Gasteiger charge is -2.33. The average molecular weight is 268 g/mol. The van der Waals surface area contributed by atoms with Gasteiger partial charge in [0.1, 0.15) is 0 Å². The number of aromatic nitrogens is 2. The van der Waals surface area contributed by atoms with E-state index < -0.39 is 16.7 Å². The van der Waals surface area contributed by atoms with E-state index in [4.69, 9.17) is 5.73 Å². The number of nitrogens with zero attached hydrogens (tertiary/aromatic N) is 2. The minimum absolute atomic E-state index is 0.138. The zero-order valence-corrected chi connectivity index (χ0v) is 10.6. The van der Waals surface area contributed by atoms with Crippen molar-refractivity contribution in [1.29, 1.82) is 0 Å². The summed E-state index contributed by atoms with van der Waals surface area (Å²) in [6.45, 7) is 6.01. The zero-order chi connectivity index (χ0) is 13.3. The molecule has 98 valence electrons. The molecule has 1 aromatic heterocycles. The van der Waals surface area contributed by atoms with E-state index >= 15 is 0 Å². The first kappa shape index (κ1) is 14.2. The van der Waals surface area contributed by atoms with Crippen LogP contribution in [-0.4, -0.2) is 22.3 Å². The quantitative estimate of drug-likeness (QED) is 0.879. The monoisotopic (exact) mass is 268 g/mol. The molecule has 0 amide bonds. The summed E-state index contributed by atoms with van der Waals surface area (Å²) in [4.78, 5) is 0. The van der Waals surface area contributed by atoms with E-state index in [1.54, 1.807) is 0 Å². The first-order chi connectivity index (χ1) is 7.69. The fourth-order valence-electron chi connectivity index (χ4n) is 1.06. The highest BCUT2D eigenvalue weighted by molar-refractivity contribution is 7.15. The predicted molar refractivity (Wildman–Crippen MR) is 60.8 cm³/mol. The molecule has 1 atom stereocenters. The summed E-state index contributed by atoms with van der Waals surface area (Å²) < 4.78 is 37.0. The van der Waals surface area contributed by atoms with Crippen molar-refractivity contribution >= 4 is 16.5 Å². The molecule has 1 heterocycles. The summed E-state index contributed by atoms with van der Waals surface area (Å²) in [6, 6.07) is 0. The molecule has 8 heteroatoms. The van der Waals surface area contributed by atoms with Gasteiger partial charge in [0.25, 0.3) is 0 Å². The van der Waals surface area contributed by atoms with Crippen LogP contribution >= 0.6 is 11.3 Å². The van der Waals surface area contributed by atoms with Gasteiger partial charge in [-0.1, -0.05) is 25.2 Å². The van der Waals surface area contributed by atoms with Gasteiger partial charge in [-0.25, -0.2) is 0 Å². The topological polar surface area (TPSA) is 63.8 Å². The maximum Gasteiger partial charge on any atom is 0.445 e. The largest absolute Gasteiger partial charge is 0.445 e. The maximum absolute atomic E-state index is 12.3. The summed E-state index contributed by atoms with van der Waals surface area (Å²) in [7, 11) is 0. The third kappa shape index (κ3) is 3.29. The van der Waals surface area contributed by atoms with Crippen LogP contribution < -0.4 is 11.1 Å². The van der Waals surface area contributed by atoms with E-state index in [2.05, 4.69) is 15.5 Å². The summed E-state index contributed by atoms with van der Waals surface area (Å²) >= 11 is 0.486. The van der Waals surface area contributed by atoms with E-state index in [-0.39, 0.29) is 11.0 Å². The first-order valence-electron chi connectivity index (χ1n) is 5.08. The van der Waals surface area contributed by atoms with Gasteiger partial charge in [0.05, 0.1) is 5.54 Å². The molecule has 0 aliphatic carbocycles. The van der Waals surface area contributed by atoms with Gasteiger partial charge in [-0.2, -0.15) is 13.2 Å². The molecule has 0 fully saturated rings. The van der Waals surface area contributed by atoms with E-state index in [9.17, 15) is 13.2 Å². The van der Waals surface area contributed by atoms with Crippen molar-refractivity contribution in [3.8, 4) is 0 Å². The Labute approximate surface area is 101 Å². The van der Waals surface area contributed by atoms with Gasteiger partial charge in [0, 0.05) is 6.54 Å². The molecule has 3 N–H and O–H groups in total. The van der Waals surface area contributed by atoms with Crippen LogP contribution in [0.25, 0.3) is 0 Å². The SMILES string of the molecule is CC(C)C(C)(CN)Nc1nnc(C(F)(F)F)s1. The molecule has 4 nitrogen and oxygen atoms in total. The van der Waals surface area contributed by atoms with Crippen LogP contribution in [0.4, 0.5) is 18.3 Å². The first-order valence-corrected chi connectivity index (χ1v) is 5.89. The lowest BCUT2D eigenvalue weighted by atomic mass is 9.89. The Kier molecular flexibility index (Phi) is 3.98. The van der Waals surface area contributed by atoms with E-state index in [0.29, 0.717) is 17.9 Å². The highest BCUT2D eigenvalue weighted by Gasteiger charge is 2.36. The molecule has 0 bridgehead atoms. The van der Waals surface area contributed by atoms with Crippen molar-refractivity contribution < 1.29 is 13.2 Å². The molecular formula is C9H15F3N4S. The molecular weight excluding hydrogens is 253 g/mol. The Morgan fingerprint density at radius 2 is 1.94 bits per heavy atom. The average Bonchev–Trinajstić information content (AvgIpc) is 2.65. The van der Waals surface area contributed by atoms with Crippen molar-refractivity contribution in [3.05, 3.63) is 5.01 Å². The Bertz CT molecular complexity index is 377. The minimum Gasteiger partial charge on any atom is -0.353 e. The van der Waals surface area contributed by atoms with Gasteiger partial charge in [0.15, 0.2) is 0 Å². The standard InChI is InChI=1S/C9H15F3N4S/c1-5(2)8(3,4-13)14-7-16-15-6(17-7)9(10,11)12/h5H,4,13H2,1-3H3,(H,14,16). The number of anilines is 1. The maximum atomic E-state index is 12.3. The number of hydrogen-bond acceptors (Lipinski definition) is 5. The van der Waals surface area contributed by atoms with E-state index in [1.165, 1.54) is 0 Å². The van der Waals surface area contributed by atoms with Gasteiger partial charge >= 0.3 is 6.18 Å². The molecule has 0 saturated heterocycles. The minimum atomic E-state index is -4.45. The van der Waals surface area contributed by atoms with E-state index in [1.807, 2.05) is 20.8 Å².